The van der Waals surface area contributed by atoms with Gasteiger partial charge in [-0.3, -0.25) is 0 Å². The van der Waals surface area contributed by atoms with Gasteiger partial charge in [0.25, 0.3) is 0 Å². The molecule has 8 atom stereocenters. The van der Waals surface area contributed by atoms with E-state index in [9.17, 15) is 75.0 Å². The van der Waals surface area contributed by atoms with Crippen molar-refractivity contribution in [3.05, 3.63) is 149 Å². The minimum absolute atomic E-state index is 0.00490. The lowest BCUT2D eigenvalue weighted by Crippen LogP contribution is -2.46. The summed E-state index contributed by atoms with van der Waals surface area (Å²) < 4.78 is 18.8. The number of fused-ring (bicyclic) bond motifs is 9. The van der Waals surface area contributed by atoms with Gasteiger partial charge in [0.15, 0.2) is 0 Å². The Morgan fingerprint density at radius 1 is 0.413 bits per heavy atom. The Kier molecular flexibility index (Phi) is 25.9. The van der Waals surface area contributed by atoms with Crippen molar-refractivity contribution in [2.24, 2.45) is 23.7 Å². The van der Waals surface area contributed by atoms with Crippen molar-refractivity contribution >= 4 is 29.8 Å². The first kappa shape index (κ1) is 81.0. The minimum Gasteiger partial charge on any atom is -0.507 e. The van der Waals surface area contributed by atoms with E-state index in [1.165, 1.54) is 22.8 Å². The van der Waals surface area contributed by atoms with Gasteiger partial charge in [-0.05, 0) is 219 Å². The summed E-state index contributed by atoms with van der Waals surface area (Å²) in [6.07, 6.45) is 26.0. The van der Waals surface area contributed by atoms with Crippen LogP contribution in [-0.2, 0) is 25.7 Å². The standard InChI is InChI=1S/C23H30O6.C22H30O4.C21H28O4.C20H26O4/c1-5-6-7-8-13-17(21(25)26)19(24)16-14-11-12(2)9-10-15(14)23(3,4)29-20(16)18(13)22(27)28;1-5-6-7-8-14-12-17-19(20(23)18(14)21(24)25)15-11-13(2)9-10-16(15)22(3,4)26-17;1-5-6-7-13-11-16-18(19(22)17(13)20(23)24)14-10-12(2)8-9-15(14)21(3,4)25-16;1-5-6-13-10-16(21)18(19(22)17(13)20(23)24)15-9-12(4)7-8-14(15)11(2)3/h11,14-15,24H,5-10H2,1-4H3,(H,25,26)(H,27,28);11-12,15-16,23H,5-10H2,1-4H3,(H,24,25);10-11,14-15,22H,5-9H2,1-4H3,(H,23,24);9-10,14-15,21-22H,2,5-8H2,1,3-4H3,(H,23,24)/t14-,15-;15-,16-;14-,15-;14-,15+/m1110/s1. The van der Waals surface area contributed by atoms with Crippen LogP contribution < -0.4 is 14.2 Å². The second kappa shape index (κ2) is 33.2. The molecular formula is C86H114O18. The van der Waals surface area contributed by atoms with Gasteiger partial charge in [-0.25, -0.2) is 24.0 Å². The number of aryl methyl sites for hydroxylation is 3. The van der Waals surface area contributed by atoms with Gasteiger partial charge >= 0.3 is 29.8 Å². The van der Waals surface area contributed by atoms with Gasteiger partial charge in [0, 0.05) is 63.7 Å². The highest BCUT2D eigenvalue weighted by Gasteiger charge is 2.51. The van der Waals surface area contributed by atoms with E-state index in [-0.39, 0.29) is 133 Å². The number of unbranched alkanes of at least 4 members (excludes halogenated alkanes) is 5. The number of allylic oxidation sites excluding steroid dienone is 9. The van der Waals surface area contributed by atoms with E-state index in [1.807, 2.05) is 72.8 Å². The number of carbonyl (C=O) groups is 5. The van der Waals surface area contributed by atoms with Gasteiger partial charge in [0.05, 0.1) is 0 Å². The van der Waals surface area contributed by atoms with Crippen molar-refractivity contribution in [3.63, 3.8) is 0 Å². The number of carboxylic acids is 5. The van der Waals surface area contributed by atoms with E-state index in [4.69, 9.17) is 14.2 Å². The molecule has 4 aliphatic carbocycles. The molecule has 4 aromatic rings. The van der Waals surface area contributed by atoms with Crippen LogP contribution in [0.3, 0.4) is 0 Å². The van der Waals surface area contributed by atoms with Gasteiger partial charge in [0.1, 0.15) is 90.6 Å². The lowest BCUT2D eigenvalue weighted by molar-refractivity contribution is 0.00884. The second-order valence-corrected chi connectivity index (χ2v) is 31.8. The summed E-state index contributed by atoms with van der Waals surface area (Å²) in [5, 5.41) is 103. The third-order valence-corrected chi connectivity index (χ3v) is 22.9. The van der Waals surface area contributed by atoms with Gasteiger partial charge in [0.2, 0.25) is 0 Å². The zero-order chi connectivity index (χ0) is 76.9. The molecule has 0 saturated carbocycles. The summed E-state index contributed by atoms with van der Waals surface area (Å²) in [5.41, 5.74) is 8.03. The summed E-state index contributed by atoms with van der Waals surface area (Å²) in [5.74, 6) is -5.26. The first-order valence-corrected chi connectivity index (χ1v) is 37.7. The molecule has 0 bridgehead atoms. The summed E-state index contributed by atoms with van der Waals surface area (Å²) in [4.78, 5) is 59.7. The third-order valence-electron chi connectivity index (χ3n) is 22.9. The van der Waals surface area contributed by atoms with Gasteiger partial charge in [-0.1, -0.05) is 125 Å². The van der Waals surface area contributed by atoms with Crippen molar-refractivity contribution in [2.75, 3.05) is 0 Å². The number of benzene rings is 4. The van der Waals surface area contributed by atoms with E-state index < -0.39 is 35.4 Å². The van der Waals surface area contributed by atoms with E-state index in [1.54, 1.807) is 0 Å². The van der Waals surface area contributed by atoms with Crippen LogP contribution >= 0.6 is 0 Å². The summed E-state index contributed by atoms with van der Waals surface area (Å²) in [7, 11) is 0. The smallest absolute Gasteiger partial charge is 0.339 e. The largest absolute Gasteiger partial charge is 0.507 e. The topological polar surface area (TPSA) is 315 Å². The molecule has 566 valence electrons. The quantitative estimate of drug-likeness (QED) is 0.0290. The van der Waals surface area contributed by atoms with E-state index >= 15 is 0 Å². The second-order valence-electron chi connectivity index (χ2n) is 31.8. The number of hydrogen-bond donors (Lipinski definition) is 10. The number of ether oxygens (including phenoxy) is 3. The number of phenols is 5. The molecular weight excluding hydrogens is 1320 g/mol. The molecule has 10 N–H and O–H groups in total. The lowest BCUT2D eigenvalue weighted by Gasteiger charge is -2.47. The van der Waals surface area contributed by atoms with Crippen LogP contribution in [0.1, 0.15) is 333 Å². The van der Waals surface area contributed by atoms with Gasteiger partial charge in [-0.2, -0.15) is 0 Å². The van der Waals surface area contributed by atoms with Crippen molar-refractivity contribution < 1.29 is 89.2 Å². The molecule has 0 aromatic heterocycles. The SMILES string of the molecule is C=C(C)[C@@H]1CCC(C)=C[C@H]1c1c(O)cc(CCC)c(C(=O)O)c1O.CCCCCc1c(C(=O)O)c(O)c2c(c1C(=O)O)OC(C)(C)[C@@H]1CCC(C)=C[C@@H]21.CCCCCc1cc2c(c(O)c1C(=O)O)[C@@H]1C=C(C)CC[C@H]1C(C)(C)O2.CCCCc1cc2c(c(O)c1C(=O)O)[C@@H]1C=C(C)CC[C@H]1C(C)(C)O2. The van der Waals surface area contributed by atoms with Crippen LogP contribution in [0.25, 0.3) is 0 Å². The molecule has 104 heavy (non-hydrogen) atoms. The molecule has 0 unspecified atom stereocenters. The van der Waals surface area contributed by atoms with Crippen LogP contribution in [-0.4, -0.2) is 97.7 Å². The average Bonchev–Trinajstić information content (AvgIpc) is 0.737. The first-order valence-electron chi connectivity index (χ1n) is 37.7. The van der Waals surface area contributed by atoms with Crippen molar-refractivity contribution in [3.8, 4) is 46.0 Å². The lowest BCUT2D eigenvalue weighted by atomic mass is 9.67. The molecule has 0 spiro atoms. The predicted molar refractivity (Wildman–Crippen MR) is 404 cm³/mol. The molecule has 18 heteroatoms. The number of aromatic hydroxyl groups is 5. The number of phenolic OH excluding ortho intramolecular Hbond substituents is 1. The average molecular weight is 1440 g/mol. The van der Waals surface area contributed by atoms with Gasteiger partial charge < -0.3 is 65.3 Å². The monoisotopic (exact) mass is 1430 g/mol. The number of aromatic carboxylic acids is 5. The Labute approximate surface area is 614 Å². The Hall–Kier alpha value is -8.67. The summed E-state index contributed by atoms with van der Waals surface area (Å²) in [6, 6.07) is 5.21. The molecule has 0 saturated heterocycles. The number of rotatable bonds is 20. The van der Waals surface area contributed by atoms with Crippen LogP contribution in [0.4, 0.5) is 0 Å². The van der Waals surface area contributed by atoms with Crippen molar-refractivity contribution in [1.82, 2.24) is 0 Å². The molecule has 3 heterocycles. The molecule has 4 aromatic carbocycles. The van der Waals surface area contributed by atoms with Crippen LogP contribution in [0.5, 0.6) is 46.0 Å². The zero-order valence-corrected chi connectivity index (χ0v) is 64.0. The molecule has 18 nitrogen and oxygen atoms in total. The maximum atomic E-state index is 12.3. The zero-order valence-electron chi connectivity index (χ0n) is 64.0. The molecule has 0 fully saturated rings. The molecule has 3 aliphatic heterocycles. The fourth-order valence-electron chi connectivity index (χ4n) is 17.6. The van der Waals surface area contributed by atoms with E-state index in [0.29, 0.717) is 76.1 Å². The Balaban J connectivity index is 0.000000176. The van der Waals surface area contributed by atoms with Crippen LogP contribution in [0.15, 0.2) is 76.9 Å². The van der Waals surface area contributed by atoms with Crippen molar-refractivity contribution in [1.29, 1.82) is 0 Å². The predicted octanol–water partition coefficient (Wildman–Crippen LogP) is 20.4. The van der Waals surface area contributed by atoms with Crippen LogP contribution in [0.2, 0.25) is 0 Å². The number of carboxylic acid groups (broad SMARTS) is 5. The molecule has 7 aliphatic rings. The Morgan fingerprint density at radius 3 is 1.15 bits per heavy atom. The van der Waals surface area contributed by atoms with Crippen molar-refractivity contribution in [2.45, 2.75) is 279 Å². The highest BCUT2D eigenvalue weighted by Crippen LogP contribution is 2.59. The summed E-state index contributed by atoms with van der Waals surface area (Å²) in [6.45, 7) is 34.6. The molecule has 0 amide bonds. The number of hydrogen-bond acceptors (Lipinski definition) is 13. The fraction of sp³-hybridized carbons (Fsp3) is 0.547. The normalized spacial score (nSPS) is 22.5. The fourth-order valence-corrected chi connectivity index (χ4v) is 17.6. The van der Waals surface area contributed by atoms with Gasteiger partial charge in [-0.15, -0.1) is 0 Å². The highest BCUT2D eigenvalue weighted by atomic mass is 16.5. The maximum absolute atomic E-state index is 12.3. The highest BCUT2D eigenvalue weighted by molar-refractivity contribution is 6.02. The van der Waals surface area contributed by atoms with E-state index in [0.717, 1.165) is 114 Å². The third kappa shape index (κ3) is 16.8. The Bertz CT molecular complexity index is 4090. The molecule has 0 radical (unpaired) electrons. The maximum Gasteiger partial charge on any atom is 0.339 e. The van der Waals surface area contributed by atoms with Crippen LogP contribution in [0, 0.1) is 23.7 Å². The Morgan fingerprint density at radius 2 is 0.760 bits per heavy atom. The minimum atomic E-state index is -1.31. The summed E-state index contributed by atoms with van der Waals surface area (Å²) >= 11 is 0. The first-order chi connectivity index (χ1) is 48.9. The molecule has 11 rings (SSSR count). The van der Waals surface area contributed by atoms with E-state index in [2.05, 4.69) is 74.1 Å².